The van der Waals surface area contributed by atoms with Crippen molar-refractivity contribution in [2.75, 3.05) is 12.9 Å². The monoisotopic (exact) mass is 920 g/mol. The highest BCUT2D eigenvalue weighted by Gasteiger charge is 2.35. The van der Waals surface area contributed by atoms with E-state index in [0.717, 1.165) is 40.0 Å². The van der Waals surface area contributed by atoms with Crippen molar-refractivity contribution in [2.24, 2.45) is 4.99 Å². The molecular formula is C40H30I2N2O4S2. The van der Waals surface area contributed by atoms with Gasteiger partial charge in [-0.1, -0.05) is 96.3 Å². The van der Waals surface area contributed by atoms with E-state index in [9.17, 15) is 9.59 Å². The van der Waals surface area contributed by atoms with Gasteiger partial charge in [-0.05, 0) is 116 Å². The number of hydrogen-bond donors (Lipinski definition) is 0. The number of aromatic nitrogens is 1. The normalized spacial score (nSPS) is 14.4. The van der Waals surface area contributed by atoms with Crippen LogP contribution in [0, 0.1) is 7.14 Å². The Morgan fingerprint density at radius 2 is 1.64 bits per heavy atom. The molecule has 50 heavy (non-hydrogen) atoms. The third kappa shape index (κ3) is 6.95. The second-order valence-electron chi connectivity index (χ2n) is 11.4. The molecule has 1 aromatic heterocycles. The van der Waals surface area contributed by atoms with Crippen LogP contribution in [0.25, 0.3) is 22.5 Å². The molecule has 6 aromatic rings. The van der Waals surface area contributed by atoms with Gasteiger partial charge in [0.25, 0.3) is 5.56 Å². The Morgan fingerprint density at radius 1 is 0.940 bits per heavy atom. The van der Waals surface area contributed by atoms with Crippen LogP contribution in [0.15, 0.2) is 129 Å². The average Bonchev–Trinajstić information content (AvgIpc) is 3.44. The van der Waals surface area contributed by atoms with E-state index in [1.165, 1.54) is 22.1 Å². The van der Waals surface area contributed by atoms with Crippen molar-refractivity contribution < 1.29 is 14.3 Å². The maximum Gasteiger partial charge on any atom is 0.338 e. The van der Waals surface area contributed by atoms with Crippen LogP contribution in [-0.4, -0.2) is 23.4 Å². The Morgan fingerprint density at radius 3 is 2.36 bits per heavy atom. The molecule has 0 fully saturated rings. The van der Waals surface area contributed by atoms with Crippen LogP contribution in [-0.2, 0) is 16.1 Å². The first-order valence-electron chi connectivity index (χ1n) is 15.9. The van der Waals surface area contributed by atoms with E-state index in [-0.39, 0.29) is 12.2 Å². The molecule has 6 nitrogen and oxygen atoms in total. The number of hydrogen-bond acceptors (Lipinski definition) is 7. The van der Waals surface area contributed by atoms with Crippen molar-refractivity contribution in [1.82, 2.24) is 4.57 Å². The molecule has 0 saturated heterocycles. The molecule has 1 aliphatic rings. The first-order valence-corrected chi connectivity index (χ1v) is 20.1. The molecule has 0 radical (unpaired) electrons. The number of carbonyl (C=O) groups excluding carboxylic acids is 1. The minimum absolute atomic E-state index is 0.200. The summed E-state index contributed by atoms with van der Waals surface area (Å²) in [5.41, 5.74) is 4.20. The van der Waals surface area contributed by atoms with Crippen molar-refractivity contribution >= 4 is 96.8 Å². The van der Waals surface area contributed by atoms with E-state index in [1.54, 1.807) is 23.3 Å². The number of thiazole rings is 1. The van der Waals surface area contributed by atoms with Gasteiger partial charge in [-0.3, -0.25) is 9.36 Å². The Bertz CT molecular complexity index is 2430. The predicted octanol–water partition coefficient (Wildman–Crippen LogP) is 8.60. The molecule has 7 rings (SSSR count). The van der Waals surface area contributed by atoms with Crippen LogP contribution in [0.1, 0.15) is 35.2 Å². The predicted molar refractivity (Wildman–Crippen MR) is 219 cm³/mol. The van der Waals surface area contributed by atoms with Crippen molar-refractivity contribution in [3.05, 3.63) is 164 Å². The number of ether oxygens (including phenoxy) is 2. The van der Waals surface area contributed by atoms with Gasteiger partial charge in [0.2, 0.25) is 0 Å². The summed E-state index contributed by atoms with van der Waals surface area (Å²) in [6.07, 6.45) is 3.91. The lowest BCUT2D eigenvalue weighted by molar-refractivity contribution is -0.138. The maximum atomic E-state index is 14.4. The highest BCUT2D eigenvalue weighted by Crippen LogP contribution is 2.36. The van der Waals surface area contributed by atoms with Crippen LogP contribution in [0.2, 0.25) is 0 Å². The Balaban J connectivity index is 1.32. The Hall–Kier alpha value is -3.72. The smallest absolute Gasteiger partial charge is 0.338 e. The molecule has 0 aliphatic carbocycles. The van der Waals surface area contributed by atoms with Crippen molar-refractivity contribution in [2.45, 2.75) is 24.5 Å². The van der Waals surface area contributed by atoms with Crippen molar-refractivity contribution in [3.8, 4) is 5.75 Å². The number of halogens is 2. The molecule has 0 bridgehead atoms. The lowest BCUT2D eigenvalue weighted by atomic mass is 9.93. The summed E-state index contributed by atoms with van der Waals surface area (Å²) in [6.45, 7) is 2.42. The standard InChI is InChI=1S/C40H30I2N2O4S2/c1-3-47-39(46)34-35(26-11-5-4-6-12-26)43-40-44(36(34)27-16-18-29(49-2)19-17-27)38(45)33(50-40)22-24-20-31(41)37(32(42)21-24)48-23-28-14-9-13-25-10-7-8-15-30(25)28/h4-22,36H,3,23H2,1-2H3/b33-22-/t36-/m1/s1. The van der Waals surface area contributed by atoms with Gasteiger partial charge in [0.1, 0.15) is 12.4 Å². The maximum absolute atomic E-state index is 14.4. The summed E-state index contributed by atoms with van der Waals surface area (Å²) in [6, 6.07) is 35.5. The third-order valence-corrected chi connectivity index (χ3v) is 11.7. The third-order valence-electron chi connectivity index (χ3n) is 8.38. The van der Waals surface area contributed by atoms with Crippen molar-refractivity contribution in [1.29, 1.82) is 0 Å². The van der Waals surface area contributed by atoms with E-state index in [1.807, 2.05) is 91.2 Å². The fraction of sp³-hybridized carbons (Fsp3) is 0.125. The first-order chi connectivity index (χ1) is 24.4. The van der Waals surface area contributed by atoms with E-state index in [4.69, 9.17) is 14.5 Å². The summed E-state index contributed by atoms with van der Waals surface area (Å²) >= 11 is 7.54. The SMILES string of the molecule is CCOC(=O)C1=C(c2ccccc2)N=c2s/c(=C\c3cc(I)c(OCc4cccc5ccccc45)c(I)c3)c(=O)n2[C@@H]1c1ccc(SC)cc1. The average molecular weight is 921 g/mol. The zero-order valence-electron chi connectivity index (χ0n) is 27.1. The minimum Gasteiger partial charge on any atom is -0.487 e. The molecule has 2 heterocycles. The van der Waals surface area contributed by atoms with Gasteiger partial charge in [-0.15, -0.1) is 11.8 Å². The van der Waals surface area contributed by atoms with Gasteiger partial charge in [-0.2, -0.15) is 0 Å². The second kappa shape index (κ2) is 15.3. The van der Waals surface area contributed by atoms with E-state index in [2.05, 4.69) is 75.5 Å². The number of fused-ring (bicyclic) bond motifs is 2. The van der Waals surface area contributed by atoms with E-state index >= 15 is 0 Å². The topological polar surface area (TPSA) is 69.9 Å². The van der Waals surface area contributed by atoms with Gasteiger partial charge < -0.3 is 9.47 Å². The Kier molecular flexibility index (Phi) is 10.6. The summed E-state index contributed by atoms with van der Waals surface area (Å²) < 4.78 is 16.0. The molecule has 0 spiro atoms. The lowest BCUT2D eigenvalue weighted by Crippen LogP contribution is -2.40. The molecule has 1 aliphatic heterocycles. The number of rotatable bonds is 9. The zero-order valence-corrected chi connectivity index (χ0v) is 33.0. The number of esters is 1. The number of thioether (sulfide) groups is 1. The second-order valence-corrected chi connectivity index (χ2v) is 15.7. The summed E-state index contributed by atoms with van der Waals surface area (Å²) in [4.78, 5) is 34.7. The fourth-order valence-electron chi connectivity index (χ4n) is 6.06. The summed E-state index contributed by atoms with van der Waals surface area (Å²) in [5.74, 6) is 0.310. The zero-order chi connectivity index (χ0) is 34.8. The van der Waals surface area contributed by atoms with Gasteiger partial charge in [0.05, 0.1) is 35.6 Å². The van der Waals surface area contributed by atoms with Crippen LogP contribution < -0.4 is 19.6 Å². The van der Waals surface area contributed by atoms with Crippen LogP contribution in [0.3, 0.4) is 0 Å². The van der Waals surface area contributed by atoms with Gasteiger partial charge in [0.15, 0.2) is 4.80 Å². The number of carbonyl (C=O) groups is 1. The largest absolute Gasteiger partial charge is 0.487 e. The minimum atomic E-state index is -0.719. The van der Waals surface area contributed by atoms with Crippen LogP contribution in [0.4, 0.5) is 0 Å². The Labute approximate surface area is 324 Å². The van der Waals surface area contributed by atoms with Crippen molar-refractivity contribution in [3.63, 3.8) is 0 Å². The molecule has 0 saturated carbocycles. The summed E-state index contributed by atoms with van der Waals surface area (Å²) in [5, 5.41) is 2.35. The van der Waals surface area contributed by atoms with Gasteiger partial charge >= 0.3 is 5.97 Å². The van der Waals surface area contributed by atoms with Crippen LogP contribution >= 0.6 is 68.3 Å². The molecule has 0 N–H and O–H groups in total. The molecule has 0 amide bonds. The molecule has 10 heteroatoms. The van der Waals surface area contributed by atoms with Gasteiger partial charge in [0, 0.05) is 10.5 Å². The fourth-order valence-corrected chi connectivity index (χ4v) is 9.60. The quantitative estimate of drug-likeness (QED) is 0.0827. The van der Waals surface area contributed by atoms with E-state index in [0.29, 0.717) is 27.2 Å². The molecule has 0 unspecified atom stereocenters. The van der Waals surface area contributed by atoms with E-state index < -0.39 is 12.0 Å². The highest BCUT2D eigenvalue weighted by molar-refractivity contribution is 14.1. The highest BCUT2D eigenvalue weighted by atomic mass is 127. The number of nitrogens with zero attached hydrogens (tertiary/aromatic N) is 2. The van der Waals surface area contributed by atoms with Crippen LogP contribution in [0.5, 0.6) is 5.75 Å². The molecular weight excluding hydrogens is 890 g/mol. The van der Waals surface area contributed by atoms with Gasteiger partial charge in [-0.25, -0.2) is 9.79 Å². The first kappa shape index (κ1) is 34.7. The molecule has 1 atom stereocenters. The lowest BCUT2D eigenvalue weighted by Gasteiger charge is -2.26. The molecule has 5 aromatic carbocycles. The summed E-state index contributed by atoms with van der Waals surface area (Å²) in [7, 11) is 0. The number of benzene rings is 5. The molecule has 250 valence electrons.